The van der Waals surface area contributed by atoms with Crippen molar-refractivity contribution < 1.29 is 9.13 Å². The molecular formula is C17H20FN3O. The number of para-hydroxylation sites is 1. The molecule has 1 saturated heterocycles. The fourth-order valence-electron chi connectivity index (χ4n) is 2.73. The number of benzene rings is 1. The topological polar surface area (TPSA) is 38.2 Å². The highest BCUT2D eigenvalue weighted by Crippen LogP contribution is 2.23. The third-order valence-corrected chi connectivity index (χ3v) is 3.95. The number of anilines is 1. The zero-order valence-corrected chi connectivity index (χ0v) is 12.9. The quantitative estimate of drug-likeness (QED) is 0.813. The second-order valence-corrected chi connectivity index (χ2v) is 5.81. The number of hydrogen-bond donors (Lipinski definition) is 0. The van der Waals surface area contributed by atoms with Gasteiger partial charge in [-0.1, -0.05) is 18.2 Å². The summed E-state index contributed by atoms with van der Waals surface area (Å²) in [6, 6.07) is 9.36. The van der Waals surface area contributed by atoms with Gasteiger partial charge in [0.25, 0.3) is 0 Å². The van der Waals surface area contributed by atoms with E-state index in [0.717, 1.165) is 30.8 Å². The largest absolute Gasteiger partial charge is 0.493 e. The van der Waals surface area contributed by atoms with Crippen molar-refractivity contribution in [2.24, 2.45) is 5.92 Å². The second-order valence-electron chi connectivity index (χ2n) is 5.81. The van der Waals surface area contributed by atoms with Gasteiger partial charge in [-0.2, -0.15) is 9.37 Å². The lowest BCUT2D eigenvalue weighted by atomic mass is 10.1. The maximum absolute atomic E-state index is 13.4. The summed E-state index contributed by atoms with van der Waals surface area (Å²) in [5.74, 6) is 1.35. The van der Waals surface area contributed by atoms with Crippen molar-refractivity contribution in [1.29, 1.82) is 0 Å². The molecule has 4 nitrogen and oxygen atoms in total. The number of halogens is 1. The third kappa shape index (κ3) is 3.35. The molecule has 5 heteroatoms. The number of ether oxygens (including phenoxy) is 1. The van der Waals surface area contributed by atoms with Gasteiger partial charge in [-0.3, -0.25) is 0 Å². The standard InChI is InChI=1S/C17H20FN3O/c1-12-5-3-4-6-15(12)22-11-14-7-8-21(10-14)17-19-13(2)9-16(18)20-17/h3-6,9,14H,7-8,10-11H2,1-2H3. The van der Waals surface area contributed by atoms with Crippen LogP contribution in [0.3, 0.4) is 0 Å². The van der Waals surface area contributed by atoms with E-state index in [-0.39, 0.29) is 0 Å². The van der Waals surface area contributed by atoms with Crippen molar-refractivity contribution in [1.82, 2.24) is 9.97 Å². The van der Waals surface area contributed by atoms with Gasteiger partial charge in [0.1, 0.15) is 5.75 Å². The van der Waals surface area contributed by atoms with Gasteiger partial charge in [-0.15, -0.1) is 0 Å². The Labute approximate surface area is 130 Å². The van der Waals surface area contributed by atoms with Gasteiger partial charge in [-0.05, 0) is 31.9 Å². The molecule has 1 unspecified atom stereocenters. The van der Waals surface area contributed by atoms with Crippen LogP contribution in [0.5, 0.6) is 5.75 Å². The normalized spacial score (nSPS) is 17.8. The molecule has 1 atom stereocenters. The summed E-state index contributed by atoms with van der Waals surface area (Å²) in [7, 11) is 0. The molecule has 1 fully saturated rings. The minimum Gasteiger partial charge on any atom is -0.493 e. The van der Waals surface area contributed by atoms with E-state index in [1.54, 1.807) is 6.92 Å². The molecule has 1 aliphatic rings. The van der Waals surface area contributed by atoms with Crippen molar-refractivity contribution in [3.8, 4) is 5.75 Å². The van der Waals surface area contributed by atoms with Crippen LogP contribution in [-0.4, -0.2) is 29.7 Å². The summed E-state index contributed by atoms with van der Waals surface area (Å²) in [5, 5.41) is 0. The zero-order chi connectivity index (χ0) is 15.5. The Kier molecular flexibility index (Phi) is 4.22. The molecule has 3 rings (SSSR count). The van der Waals surface area contributed by atoms with E-state index in [1.165, 1.54) is 6.07 Å². The first-order chi connectivity index (χ1) is 10.6. The van der Waals surface area contributed by atoms with Crippen LogP contribution in [0.15, 0.2) is 30.3 Å². The van der Waals surface area contributed by atoms with E-state index >= 15 is 0 Å². The minimum atomic E-state index is -0.470. The smallest absolute Gasteiger partial charge is 0.228 e. The molecule has 1 aromatic carbocycles. The highest BCUT2D eigenvalue weighted by molar-refractivity contribution is 5.33. The van der Waals surface area contributed by atoms with Gasteiger partial charge in [0, 0.05) is 30.8 Å². The van der Waals surface area contributed by atoms with Crippen molar-refractivity contribution in [2.45, 2.75) is 20.3 Å². The summed E-state index contributed by atoms with van der Waals surface area (Å²) in [6.07, 6.45) is 1.00. The fourth-order valence-corrected chi connectivity index (χ4v) is 2.73. The Balaban J connectivity index is 1.59. The maximum Gasteiger partial charge on any atom is 0.228 e. The number of nitrogens with zero attached hydrogens (tertiary/aromatic N) is 3. The number of aryl methyl sites for hydroxylation is 2. The van der Waals surface area contributed by atoms with E-state index in [9.17, 15) is 4.39 Å². The molecule has 2 aromatic rings. The van der Waals surface area contributed by atoms with Crippen LogP contribution in [0.1, 0.15) is 17.7 Å². The van der Waals surface area contributed by atoms with Gasteiger partial charge in [-0.25, -0.2) is 4.98 Å². The van der Waals surface area contributed by atoms with Crippen LogP contribution >= 0.6 is 0 Å². The van der Waals surface area contributed by atoms with Gasteiger partial charge in [0.2, 0.25) is 11.9 Å². The Morgan fingerprint density at radius 3 is 2.86 bits per heavy atom. The highest BCUT2D eigenvalue weighted by atomic mass is 19.1. The molecule has 0 N–H and O–H groups in total. The average Bonchev–Trinajstić information content (AvgIpc) is 2.94. The Morgan fingerprint density at radius 1 is 1.27 bits per heavy atom. The van der Waals surface area contributed by atoms with Crippen molar-refractivity contribution in [3.05, 3.63) is 47.5 Å². The van der Waals surface area contributed by atoms with Gasteiger partial charge >= 0.3 is 0 Å². The maximum atomic E-state index is 13.4. The Morgan fingerprint density at radius 2 is 2.09 bits per heavy atom. The zero-order valence-electron chi connectivity index (χ0n) is 12.9. The van der Waals surface area contributed by atoms with E-state index in [0.29, 0.717) is 24.2 Å². The summed E-state index contributed by atoms with van der Waals surface area (Å²) in [5.41, 5.74) is 1.79. The van der Waals surface area contributed by atoms with Gasteiger partial charge < -0.3 is 9.64 Å². The van der Waals surface area contributed by atoms with E-state index < -0.39 is 5.95 Å². The lowest BCUT2D eigenvalue weighted by Crippen LogP contribution is -2.24. The summed E-state index contributed by atoms with van der Waals surface area (Å²) in [6.45, 7) is 6.12. The molecule has 0 radical (unpaired) electrons. The monoisotopic (exact) mass is 301 g/mol. The number of aromatic nitrogens is 2. The molecule has 116 valence electrons. The first-order valence-electron chi connectivity index (χ1n) is 7.56. The Bertz CT molecular complexity index is 642. The SMILES string of the molecule is Cc1cc(F)nc(N2CCC(COc3ccccc3C)C2)n1. The highest BCUT2D eigenvalue weighted by Gasteiger charge is 2.25. The molecule has 1 aromatic heterocycles. The van der Waals surface area contributed by atoms with Crippen molar-refractivity contribution in [3.63, 3.8) is 0 Å². The van der Waals surface area contributed by atoms with E-state index in [2.05, 4.69) is 9.97 Å². The van der Waals surface area contributed by atoms with Crippen LogP contribution in [0, 0.1) is 25.7 Å². The summed E-state index contributed by atoms with van der Waals surface area (Å²) >= 11 is 0. The summed E-state index contributed by atoms with van der Waals surface area (Å²) < 4.78 is 19.3. The van der Waals surface area contributed by atoms with Crippen LogP contribution in [-0.2, 0) is 0 Å². The van der Waals surface area contributed by atoms with Gasteiger partial charge in [0.15, 0.2) is 0 Å². The molecule has 2 heterocycles. The first-order valence-corrected chi connectivity index (χ1v) is 7.56. The lowest BCUT2D eigenvalue weighted by Gasteiger charge is -2.17. The third-order valence-electron chi connectivity index (χ3n) is 3.95. The molecule has 0 aliphatic carbocycles. The average molecular weight is 301 g/mol. The van der Waals surface area contributed by atoms with Crippen LogP contribution in [0.2, 0.25) is 0 Å². The number of rotatable bonds is 4. The first kappa shape index (κ1) is 14.8. The Hall–Kier alpha value is -2.17. The van der Waals surface area contributed by atoms with Crippen LogP contribution < -0.4 is 9.64 Å². The molecule has 0 bridgehead atoms. The van der Waals surface area contributed by atoms with E-state index in [4.69, 9.17) is 4.74 Å². The lowest BCUT2D eigenvalue weighted by molar-refractivity contribution is 0.259. The summed E-state index contributed by atoms with van der Waals surface area (Å²) in [4.78, 5) is 10.2. The van der Waals surface area contributed by atoms with Gasteiger partial charge in [0.05, 0.1) is 6.61 Å². The number of hydrogen-bond acceptors (Lipinski definition) is 4. The minimum absolute atomic E-state index is 0.409. The van der Waals surface area contributed by atoms with Crippen LogP contribution in [0.4, 0.5) is 10.3 Å². The molecule has 0 spiro atoms. The molecule has 22 heavy (non-hydrogen) atoms. The van der Waals surface area contributed by atoms with Crippen molar-refractivity contribution in [2.75, 3.05) is 24.6 Å². The molecular weight excluding hydrogens is 281 g/mol. The molecule has 1 aliphatic heterocycles. The predicted octanol–water partition coefficient (Wildman–Crippen LogP) is 3.14. The molecule has 0 saturated carbocycles. The van der Waals surface area contributed by atoms with Crippen molar-refractivity contribution >= 4 is 5.95 Å². The molecule has 0 amide bonds. The predicted molar refractivity (Wildman–Crippen MR) is 83.7 cm³/mol. The van der Waals surface area contributed by atoms with Crippen LogP contribution in [0.25, 0.3) is 0 Å². The fraction of sp³-hybridized carbons (Fsp3) is 0.412. The second kappa shape index (κ2) is 6.30. The van der Waals surface area contributed by atoms with E-state index in [1.807, 2.05) is 36.1 Å².